The van der Waals surface area contributed by atoms with Crippen molar-refractivity contribution in [3.05, 3.63) is 65.0 Å². The number of carbonyl (C=O) groups excluding carboxylic acids is 3. The van der Waals surface area contributed by atoms with Gasteiger partial charge in [0.2, 0.25) is 23.5 Å². The van der Waals surface area contributed by atoms with E-state index in [2.05, 4.69) is 36.1 Å². The third kappa shape index (κ3) is 6.82. The van der Waals surface area contributed by atoms with Crippen LogP contribution in [0.25, 0.3) is 22.8 Å². The summed E-state index contributed by atoms with van der Waals surface area (Å²) in [6.45, 7) is 1.35. The first-order valence-corrected chi connectivity index (χ1v) is 13.2. The molecule has 1 aliphatic heterocycles. The highest BCUT2D eigenvalue weighted by molar-refractivity contribution is 6.31. The van der Waals surface area contributed by atoms with Crippen molar-refractivity contribution in [2.24, 2.45) is 0 Å². The third-order valence-corrected chi connectivity index (χ3v) is 6.73. The van der Waals surface area contributed by atoms with Crippen molar-refractivity contribution in [3.8, 4) is 5.69 Å². The molecule has 0 saturated carbocycles. The van der Waals surface area contributed by atoms with Gasteiger partial charge in [-0.1, -0.05) is 11.6 Å². The summed E-state index contributed by atoms with van der Waals surface area (Å²) in [5.41, 5.74) is 1.09. The van der Waals surface area contributed by atoms with E-state index >= 15 is 0 Å². The number of aromatic carboxylic acids is 1. The van der Waals surface area contributed by atoms with E-state index in [-0.39, 0.29) is 40.1 Å². The van der Waals surface area contributed by atoms with Crippen molar-refractivity contribution < 1.29 is 33.4 Å². The first-order chi connectivity index (χ1) is 20.7. The minimum Gasteiger partial charge on any atom is -0.475 e. The van der Waals surface area contributed by atoms with Crippen LogP contribution in [0.5, 0.6) is 0 Å². The average Bonchev–Trinajstić information content (AvgIpc) is 3.68. The van der Waals surface area contributed by atoms with Crippen molar-refractivity contribution in [2.75, 3.05) is 31.6 Å². The van der Waals surface area contributed by atoms with Gasteiger partial charge in [-0.3, -0.25) is 14.4 Å². The lowest BCUT2D eigenvalue weighted by molar-refractivity contribution is -0.137. The molecule has 0 unspecified atom stereocenters. The molecule has 1 atom stereocenters. The molecule has 5 rings (SSSR count). The van der Waals surface area contributed by atoms with Gasteiger partial charge in [-0.25, -0.2) is 14.2 Å². The molecule has 15 nitrogen and oxygen atoms in total. The van der Waals surface area contributed by atoms with E-state index in [1.165, 1.54) is 46.2 Å². The van der Waals surface area contributed by atoms with Gasteiger partial charge in [0.05, 0.1) is 41.4 Å². The van der Waals surface area contributed by atoms with Crippen LogP contribution < -0.4 is 10.6 Å². The Labute approximate surface area is 246 Å². The van der Waals surface area contributed by atoms with Crippen LogP contribution in [0, 0.1) is 5.82 Å². The second kappa shape index (κ2) is 12.7. The lowest BCUT2D eigenvalue weighted by Crippen LogP contribution is -2.48. The summed E-state index contributed by atoms with van der Waals surface area (Å²) in [5, 5.41) is 24.9. The van der Waals surface area contributed by atoms with E-state index in [1.807, 2.05) is 0 Å². The van der Waals surface area contributed by atoms with Gasteiger partial charge in [-0.15, -0.1) is 5.10 Å². The zero-order valence-electron chi connectivity index (χ0n) is 22.2. The molecule has 1 aliphatic rings. The fraction of sp³-hybridized carbons (Fsp3) is 0.231. The summed E-state index contributed by atoms with van der Waals surface area (Å²) in [7, 11) is 0. The van der Waals surface area contributed by atoms with E-state index in [1.54, 1.807) is 0 Å². The van der Waals surface area contributed by atoms with Crippen molar-refractivity contribution in [3.63, 3.8) is 0 Å². The molecule has 17 heteroatoms. The second-order valence-electron chi connectivity index (χ2n) is 9.25. The first kappa shape index (κ1) is 29.3. The van der Waals surface area contributed by atoms with Gasteiger partial charge in [-0.2, -0.15) is 4.68 Å². The lowest BCUT2D eigenvalue weighted by Gasteiger charge is -2.28. The average molecular weight is 612 g/mol. The van der Waals surface area contributed by atoms with Gasteiger partial charge in [0, 0.05) is 30.4 Å². The fourth-order valence-corrected chi connectivity index (χ4v) is 4.47. The number of hydrogen-bond donors (Lipinski definition) is 4. The molecule has 0 aliphatic carbocycles. The summed E-state index contributed by atoms with van der Waals surface area (Å²) >= 11 is 5.94. The molecular weight excluding hydrogens is 589 g/mol. The monoisotopic (exact) mass is 611 g/mol. The number of ether oxygens (including phenoxy) is 1. The van der Waals surface area contributed by atoms with Gasteiger partial charge >= 0.3 is 5.97 Å². The van der Waals surface area contributed by atoms with Crippen LogP contribution >= 0.6 is 11.6 Å². The molecule has 43 heavy (non-hydrogen) atoms. The van der Waals surface area contributed by atoms with Crippen molar-refractivity contribution in [2.45, 2.75) is 12.5 Å². The SMILES string of the molecule is O=C(/C=C/c1c(-n2cnnn2)ccc(Cl)c1F)N[C@@H](CC(=O)N1CCOCC1)C(=O)Nc1ccc2nc(C(=O)O)[nH]c2c1. The van der Waals surface area contributed by atoms with Gasteiger partial charge in [0.25, 0.3) is 0 Å². The number of fused-ring (bicyclic) bond motifs is 1. The van der Waals surface area contributed by atoms with Gasteiger partial charge < -0.3 is 30.4 Å². The number of benzene rings is 2. The van der Waals surface area contributed by atoms with E-state index < -0.39 is 29.6 Å². The maximum Gasteiger partial charge on any atom is 0.371 e. The second-order valence-corrected chi connectivity index (χ2v) is 9.66. The minimum absolute atomic E-state index is 0.0889. The predicted octanol–water partition coefficient (Wildman–Crippen LogP) is 1.41. The standard InChI is InChI=1S/C26H23ClFN9O6/c27-16-3-5-20(37-13-29-34-35-37)15(23(16)28)2-6-21(38)31-19(12-22(39)36-7-9-43-10-8-36)25(40)30-14-1-4-17-18(11-14)33-24(32-17)26(41)42/h1-6,11,13,19H,7-10,12H2,(H,30,40)(H,31,38)(H,32,33)(H,41,42)/b6-2+/t19-/m0/s1. The lowest BCUT2D eigenvalue weighted by atomic mass is 10.1. The summed E-state index contributed by atoms with van der Waals surface area (Å²) in [6, 6.07) is 5.92. The Hall–Kier alpha value is -5.22. The van der Waals surface area contributed by atoms with E-state index in [0.29, 0.717) is 37.3 Å². The van der Waals surface area contributed by atoms with Gasteiger partial charge in [0.1, 0.15) is 12.4 Å². The van der Waals surface area contributed by atoms with Gasteiger partial charge in [0.15, 0.2) is 5.82 Å². The van der Waals surface area contributed by atoms with Crippen LogP contribution in [0.2, 0.25) is 5.02 Å². The number of nitrogens with one attached hydrogen (secondary N) is 3. The Kier molecular flexibility index (Phi) is 8.68. The number of H-pyrrole nitrogens is 1. The fourth-order valence-electron chi connectivity index (χ4n) is 4.31. The summed E-state index contributed by atoms with van der Waals surface area (Å²) in [5.74, 6) is -4.25. The molecule has 3 heterocycles. The van der Waals surface area contributed by atoms with Crippen LogP contribution in [-0.4, -0.2) is 96.2 Å². The normalized spacial score (nSPS) is 14.1. The first-order valence-electron chi connectivity index (χ1n) is 12.8. The molecular formula is C26H23ClFN9O6. The maximum atomic E-state index is 14.9. The zero-order chi connectivity index (χ0) is 30.5. The topological polar surface area (TPSA) is 197 Å². The summed E-state index contributed by atoms with van der Waals surface area (Å²) in [6.07, 6.45) is 3.01. The number of morpholine rings is 1. The third-order valence-electron chi connectivity index (χ3n) is 6.43. The highest BCUT2D eigenvalue weighted by Crippen LogP contribution is 2.25. The maximum absolute atomic E-state index is 14.9. The minimum atomic E-state index is -1.33. The quantitative estimate of drug-likeness (QED) is 0.201. The molecule has 4 aromatic rings. The Morgan fingerprint density at radius 3 is 2.70 bits per heavy atom. The van der Waals surface area contributed by atoms with Crippen molar-refractivity contribution >= 4 is 58.1 Å². The number of tetrazole rings is 1. The molecule has 0 bridgehead atoms. The van der Waals surface area contributed by atoms with Gasteiger partial charge in [-0.05, 0) is 46.8 Å². The van der Waals surface area contributed by atoms with E-state index in [4.69, 9.17) is 21.4 Å². The molecule has 0 spiro atoms. The summed E-state index contributed by atoms with van der Waals surface area (Å²) < 4.78 is 21.4. The highest BCUT2D eigenvalue weighted by atomic mass is 35.5. The number of carboxylic acid groups (broad SMARTS) is 1. The molecule has 2 aromatic carbocycles. The molecule has 0 radical (unpaired) electrons. The van der Waals surface area contributed by atoms with Crippen LogP contribution in [0.15, 0.2) is 42.7 Å². The molecule has 4 N–H and O–H groups in total. The van der Waals surface area contributed by atoms with Crippen LogP contribution in [0.1, 0.15) is 22.6 Å². The molecule has 222 valence electrons. The molecule has 1 saturated heterocycles. The number of amides is 3. The van der Waals surface area contributed by atoms with Crippen LogP contribution in [-0.2, 0) is 19.1 Å². The Balaban J connectivity index is 1.36. The highest BCUT2D eigenvalue weighted by Gasteiger charge is 2.27. The number of aromatic amines is 1. The van der Waals surface area contributed by atoms with Crippen molar-refractivity contribution in [1.29, 1.82) is 0 Å². The number of hydrogen-bond acceptors (Lipinski definition) is 9. The number of carboxylic acids is 1. The number of anilines is 1. The van der Waals surface area contributed by atoms with E-state index in [9.17, 15) is 23.6 Å². The Morgan fingerprint density at radius 1 is 1.19 bits per heavy atom. The summed E-state index contributed by atoms with van der Waals surface area (Å²) in [4.78, 5) is 58.6. The number of rotatable bonds is 9. The van der Waals surface area contributed by atoms with E-state index in [0.717, 1.165) is 12.2 Å². The van der Waals surface area contributed by atoms with Crippen LogP contribution in [0.4, 0.5) is 10.1 Å². The molecule has 2 aromatic heterocycles. The number of aromatic nitrogens is 6. The van der Waals surface area contributed by atoms with Crippen molar-refractivity contribution in [1.82, 2.24) is 40.4 Å². The predicted molar refractivity (Wildman–Crippen MR) is 149 cm³/mol. The Bertz CT molecular complexity index is 1720. The molecule has 1 fully saturated rings. The number of nitrogens with zero attached hydrogens (tertiary/aromatic N) is 6. The Morgan fingerprint density at radius 2 is 1.98 bits per heavy atom. The number of imidazole rings is 1. The number of halogens is 2. The molecule has 3 amide bonds. The zero-order valence-corrected chi connectivity index (χ0v) is 22.9. The van der Waals surface area contributed by atoms with Crippen LogP contribution in [0.3, 0.4) is 0 Å². The smallest absolute Gasteiger partial charge is 0.371 e. The number of carbonyl (C=O) groups is 4. The largest absolute Gasteiger partial charge is 0.475 e.